The SMILES string of the molecule is O=C(c1ccco1)n1ccc(/C=C/c2cccs2)n1. The molecule has 0 aromatic carbocycles. The summed E-state index contributed by atoms with van der Waals surface area (Å²) in [4.78, 5) is 13.1. The van der Waals surface area contributed by atoms with Crippen LogP contribution in [0.1, 0.15) is 21.1 Å². The molecule has 5 heteroatoms. The number of carbonyl (C=O) groups is 1. The van der Waals surface area contributed by atoms with E-state index in [0.717, 1.165) is 10.6 Å². The minimum Gasteiger partial charge on any atom is -0.459 e. The van der Waals surface area contributed by atoms with E-state index in [9.17, 15) is 4.79 Å². The number of nitrogens with zero attached hydrogens (tertiary/aromatic N) is 2. The van der Waals surface area contributed by atoms with Gasteiger partial charge in [0.2, 0.25) is 0 Å². The summed E-state index contributed by atoms with van der Waals surface area (Å²) in [7, 11) is 0. The normalized spacial score (nSPS) is 11.2. The Morgan fingerprint density at radius 1 is 1.26 bits per heavy atom. The van der Waals surface area contributed by atoms with Gasteiger partial charge >= 0.3 is 5.91 Å². The molecule has 0 amide bonds. The molecule has 0 fully saturated rings. The number of rotatable bonds is 3. The zero-order valence-corrected chi connectivity index (χ0v) is 10.7. The van der Waals surface area contributed by atoms with Crippen LogP contribution in [0.4, 0.5) is 0 Å². The lowest BCUT2D eigenvalue weighted by Gasteiger charge is -1.94. The average molecular weight is 270 g/mol. The van der Waals surface area contributed by atoms with Gasteiger partial charge in [-0.25, -0.2) is 4.68 Å². The van der Waals surface area contributed by atoms with Crippen molar-refractivity contribution in [3.05, 3.63) is 64.5 Å². The van der Waals surface area contributed by atoms with Gasteiger partial charge in [0, 0.05) is 11.1 Å². The van der Waals surface area contributed by atoms with E-state index in [-0.39, 0.29) is 11.7 Å². The maximum absolute atomic E-state index is 11.9. The van der Waals surface area contributed by atoms with E-state index in [0.29, 0.717) is 0 Å². The molecule has 0 atom stereocenters. The molecule has 3 rings (SSSR count). The molecule has 0 N–H and O–H groups in total. The summed E-state index contributed by atoms with van der Waals surface area (Å²) < 4.78 is 6.32. The summed E-state index contributed by atoms with van der Waals surface area (Å²) in [6.45, 7) is 0. The third-order valence-electron chi connectivity index (χ3n) is 2.51. The molecule has 0 aliphatic carbocycles. The van der Waals surface area contributed by atoms with Gasteiger partial charge in [-0.1, -0.05) is 6.07 Å². The van der Waals surface area contributed by atoms with Crippen LogP contribution in [0.3, 0.4) is 0 Å². The van der Waals surface area contributed by atoms with Gasteiger partial charge in [-0.3, -0.25) is 4.79 Å². The number of aromatic nitrogens is 2. The van der Waals surface area contributed by atoms with Crippen LogP contribution in [0, 0.1) is 0 Å². The van der Waals surface area contributed by atoms with Crippen molar-refractivity contribution in [2.24, 2.45) is 0 Å². The Kier molecular flexibility index (Phi) is 3.12. The molecule has 0 saturated heterocycles. The Morgan fingerprint density at radius 3 is 2.95 bits per heavy atom. The first kappa shape index (κ1) is 11.7. The van der Waals surface area contributed by atoms with Crippen LogP contribution in [0.15, 0.2) is 52.6 Å². The van der Waals surface area contributed by atoms with Gasteiger partial charge in [0.15, 0.2) is 5.76 Å². The van der Waals surface area contributed by atoms with Gasteiger partial charge in [-0.05, 0) is 41.8 Å². The molecule has 0 aliphatic rings. The first-order valence-electron chi connectivity index (χ1n) is 5.68. The number of furan rings is 1. The second-order valence-electron chi connectivity index (χ2n) is 3.82. The lowest BCUT2D eigenvalue weighted by atomic mass is 10.3. The van der Waals surface area contributed by atoms with E-state index in [1.165, 1.54) is 10.9 Å². The number of hydrogen-bond acceptors (Lipinski definition) is 4. The van der Waals surface area contributed by atoms with Crippen molar-refractivity contribution in [1.29, 1.82) is 0 Å². The van der Waals surface area contributed by atoms with Crippen LogP contribution in [0.5, 0.6) is 0 Å². The Morgan fingerprint density at radius 2 is 2.21 bits per heavy atom. The third kappa shape index (κ3) is 2.56. The largest absolute Gasteiger partial charge is 0.459 e. The highest BCUT2D eigenvalue weighted by Gasteiger charge is 2.11. The van der Waals surface area contributed by atoms with Gasteiger partial charge in [0.1, 0.15) is 0 Å². The third-order valence-corrected chi connectivity index (χ3v) is 3.35. The first-order valence-corrected chi connectivity index (χ1v) is 6.56. The number of carbonyl (C=O) groups excluding carboxylic acids is 1. The van der Waals surface area contributed by atoms with Crippen LogP contribution in [0.2, 0.25) is 0 Å². The fourth-order valence-corrected chi connectivity index (χ4v) is 2.22. The standard InChI is InChI=1S/C14H10N2O2S/c17-14(13-4-1-9-18-13)16-8-7-11(15-16)5-6-12-3-2-10-19-12/h1-10H/b6-5+. The highest BCUT2D eigenvalue weighted by molar-refractivity contribution is 7.10. The Labute approximate surface area is 113 Å². The molecule has 0 saturated carbocycles. The number of hydrogen-bond donors (Lipinski definition) is 0. The van der Waals surface area contributed by atoms with Crippen molar-refractivity contribution in [2.45, 2.75) is 0 Å². The van der Waals surface area contributed by atoms with Crippen molar-refractivity contribution < 1.29 is 9.21 Å². The van der Waals surface area contributed by atoms with Gasteiger partial charge in [-0.2, -0.15) is 5.10 Å². The average Bonchev–Trinajstić information content (AvgIpc) is 3.16. The Hall–Kier alpha value is -2.40. The van der Waals surface area contributed by atoms with Crippen molar-refractivity contribution in [1.82, 2.24) is 9.78 Å². The molecule has 94 valence electrons. The minimum absolute atomic E-state index is 0.275. The molecule has 3 aromatic heterocycles. The van der Waals surface area contributed by atoms with Crippen LogP contribution in [0.25, 0.3) is 12.2 Å². The van der Waals surface area contributed by atoms with Crippen molar-refractivity contribution in [3.63, 3.8) is 0 Å². The molecule has 0 unspecified atom stereocenters. The fraction of sp³-hybridized carbons (Fsp3) is 0. The molecule has 3 heterocycles. The second-order valence-corrected chi connectivity index (χ2v) is 4.80. The van der Waals surface area contributed by atoms with Gasteiger partial charge in [0.05, 0.1) is 12.0 Å². The molecule has 0 spiro atoms. The van der Waals surface area contributed by atoms with E-state index in [1.54, 1.807) is 35.7 Å². The summed E-state index contributed by atoms with van der Waals surface area (Å²) in [6, 6.07) is 9.08. The summed E-state index contributed by atoms with van der Waals surface area (Å²) in [5.74, 6) is -0.00217. The predicted octanol–water partition coefficient (Wildman–Crippen LogP) is 3.40. The Bertz CT molecular complexity index is 694. The quantitative estimate of drug-likeness (QED) is 0.733. The van der Waals surface area contributed by atoms with E-state index in [4.69, 9.17) is 4.42 Å². The highest BCUT2D eigenvalue weighted by atomic mass is 32.1. The van der Waals surface area contributed by atoms with E-state index in [2.05, 4.69) is 5.10 Å². The summed E-state index contributed by atoms with van der Waals surface area (Å²) >= 11 is 1.65. The topological polar surface area (TPSA) is 48.0 Å². The zero-order valence-electron chi connectivity index (χ0n) is 9.89. The summed E-state index contributed by atoms with van der Waals surface area (Å²) in [5.41, 5.74) is 0.730. The van der Waals surface area contributed by atoms with Crippen LogP contribution < -0.4 is 0 Å². The molecule has 0 aliphatic heterocycles. The van der Waals surface area contributed by atoms with Gasteiger partial charge < -0.3 is 4.42 Å². The van der Waals surface area contributed by atoms with Gasteiger partial charge in [-0.15, -0.1) is 11.3 Å². The smallest absolute Gasteiger partial charge is 0.313 e. The van der Waals surface area contributed by atoms with Crippen LogP contribution in [-0.2, 0) is 0 Å². The van der Waals surface area contributed by atoms with Crippen LogP contribution in [-0.4, -0.2) is 15.7 Å². The fourth-order valence-electron chi connectivity index (χ4n) is 1.61. The Balaban J connectivity index is 1.78. The number of thiophene rings is 1. The molecule has 3 aromatic rings. The molecule has 19 heavy (non-hydrogen) atoms. The van der Waals surface area contributed by atoms with Crippen molar-refractivity contribution in [3.8, 4) is 0 Å². The lowest BCUT2D eigenvalue weighted by Crippen LogP contribution is -2.11. The van der Waals surface area contributed by atoms with Crippen molar-refractivity contribution in [2.75, 3.05) is 0 Å². The minimum atomic E-state index is -0.277. The van der Waals surface area contributed by atoms with E-state index < -0.39 is 0 Å². The summed E-state index contributed by atoms with van der Waals surface area (Å²) in [5, 5.41) is 6.20. The predicted molar refractivity (Wildman–Crippen MR) is 73.9 cm³/mol. The van der Waals surface area contributed by atoms with Gasteiger partial charge in [0.25, 0.3) is 0 Å². The summed E-state index contributed by atoms with van der Waals surface area (Å²) in [6.07, 6.45) is 6.93. The highest BCUT2D eigenvalue weighted by Crippen LogP contribution is 2.12. The van der Waals surface area contributed by atoms with Crippen molar-refractivity contribution >= 4 is 29.4 Å². The molecular weight excluding hydrogens is 260 g/mol. The van der Waals surface area contributed by atoms with E-state index in [1.807, 2.05) is 29.7 Å². The molecule has 0 radical (unpaired) electrons. The monoisotopic (exact) mass is 270 g/mol. The maximum atomic E-state index is 11.9. The van der Waals surface area contributed by atoms with E-state index >= 15 is 0 Å². The van der Waals surface area contributed by atoms with Crippen LogP contribution >= 0.6 is 11.3 Å². The maximum Gasteiger partial charge on any atom is 0.313 e. The lowest BCUT2D eigenvalue weighted by molar-refractivity contribution is 0.0917. The molecule has 0 bridgehead atoms. The zero-order chi connectivity index (χ0) is 13.1. The molecular formula is C14H10N2O2S. The second kappa shape index (κ2) is 5.07. The molecule has 4 nitrogen and oxygen atoms in total. The first-order chi connectivity index (χ1) is 9.33.